The molecule has 1 aromatic carbocycles. The lowest BCUT2D eigenvalue weighted by Gasteiger charge is -2.36. The number of piperazine rings is 1. The Labute approximate surface area is 147 Å². The van der Waals surface area contributed by atoms with Crippen LogP contribution in [0.25, 0.3) is 0 Å². The van der Waals surface area contributed by atoms with Gasteiger partial charge in [-0.25, -0.2) is 13.4 Å². The highest BCUT2D eigenvalue weighted by atomic mass is 32.2. The number of rotatable bonds is 3. The number of aromatic nitrogens is 2. The summed E-state index contributed by atoms with van der Waals surface area (Å²) in [5.41, 5.74) is 1.18. The van der Waals surface area contributed by atoms with E-state index in [0.717, 1.165) is 17.6 Å². The van der Waals surface area contributed by atoms with Crippen LogP contribution in [0.2, 0.25) is 0 Å². The van der Waals surface area contributed by atoms with Crippen molar-refractivity contribution in [3.8, 4) is 0 Å². The van der Waals surface area contributed by atoms with Gasteiger partial charge in [0.15, 0.2) is 9.84 Å². The first kappa shape index (κ1) is 17.6. The van der Waals surface area contributed by atoms with E-state index in [1.165, 1.54) is 12.1 Å². The van der Waals surface area contributed by atoms with E-state index in [1.54, 1.807) is 17.2 Å². The number of nitrogens with zero attached hydrogens (tertiary/aromatic N) is 3. The molecule has 1 aliphatic heterocycles. The van der Waals surface area contributed by atoms with E-state index in [4.69, 9.17) is 0 Å². The standard InChI is InChI=1S/C17H22N4O3S/c1-12-4-5-13(25(3,23)24)10-14(12)17(22)21-9-6-18-11-15(21)16-19-7-8-20(16)2/h4-5,7-8,10,15,18H,6,9,11H2,1-3H3. The smallest absolute Gasteiger partial charge is 0.254 e. The summed E-state index contributed by atoms with van der Waals surface area (Å²) in [7, 11) is -1.47. The van der Waals surface area contributed by atoms with Gasteiger partial charge >= 0.3 is 0 Å². The second kappa shape index (κ2) is 6.61. The molecule has 0 radical (unpaired) electrons. The van der Waals surface area contributed by atoms with Gasteiger partial charge in [-0.3, -0.25) is 4.79 Å². The summed E-state index contributed by atoms with van der Waals surface area (Å²) in [5.74, 6) is 0.634. The van der Waals surface area contributed by atoms with Gasteiger partial charge in [-0.1, -0.05) is 6.07 Å². The molecule has 0 aliphatic carbocycles. The number of hydrogen-bond donors (Lipinski definition) is 1. The van der Waals surface area contributed by atoms with Gasteiger partial charge in [0.05, 0.1) is 4.90 Å². The molecule has 0 bridgehead atoms. The minimum absolute atomic E-state index is 0.158. The minimum atomic E-state index is -3.37. The van der Waals surface area contributed by atoms with Crippen LogP contribution in [-0.4, -0.2) is 54.7 Å². The number of benzene rings is 1. The van der Waals surface area contributed by atoms with Crippen molar-refractivity contribution in [2.24, 2.45) is 7.05 Å². The van der Waals surface area contributed by atoms with E-state index in [-0.39, 0.29) is 16.8 Å². The zero-order valence-corrected chi connectivity index (χ0v) is 15.4. The van der Waals surface area contributed by atoms with Crippen molar-refractivity contribution < 1.29 is 13.2 Å². The van der Waals surface area contributed by atoms with E-state index in [0.29, 0.717) is 25.2 Å². The van der Waals surface area contributed by atoms with Gasteiger partial charge < -0.3 is 14.8 Å². The molecule has 2 heterocycles. The summed E-state index contributed by atoms with van der Waals surface area (Å²) in [5, 5.41) is 3.29. The molecule has 1 amide bonds. The largest absolute Gasteiger partial charge is 0.336 e. The van der Waals surface area contributed by atoms with E-state index in [9.17, 15) is 13.2 Å². The Kier molecular flexibility index (Phi) is 4.66. The minimum Gasteiger partial charge on any atom is -0.336 e. The summed E-state index contributed by atoms with van der Waals surface area (Å²) in [4.78, 5) is 19.5. The molecule has 134 valence electrons. The van der Waals surface area contributed by atoms with Crippen LogP contribution in [0.4, 0.5) is 0 Å². The lowest BCUT2D eigenvalue weighted by Crippen LogP contribution is -2.49. The first-order chi connectivity index (χ1) is 11.8. The number of sulfone groups is 1. The highest BCUT2D eigenvalue weighted by molar-refractivity contribution is 7.90. The van der Waals surface area contributed by atoms with Gasteiger partial charge in [0.2, 0.25) is 0 Å². The van der Waals surface area contributed by atoms with Crippen molar-refractivity contribution in [1.82, 2.24) is 19.8 Å². The zero-order valence-electron chi connectivity index (χ0n) is 14.6. The molecular weight excluding hydrogens is 340 g/mol. The molecule has 1 saturated heterocycles. The van der Waals surface area contributed by atoms with Crippen molar-refractivity contribution in [2.75, 3.05) is 25.9 Å². The third-order valence-electron chi connectivity index (χ3n) is 4.53. The normalized spacial score (nSPS) is 18.4. The van der Waals surface area contributed by atoms with Crippen LogP contribution in [0.5, 0.6) is 0 Å². The maximum atomic E-state index is 13.2. The number of hydrogen-bond acceptors (Lipinski definition) is 5. The van der Waals surface area contributed by atoms with E-state index < -0.39 is 9.84 Å². The van der Waals surface area contributed by atoms with Crippen LogP contribution in [0, 0.1) is 6.92 Å². The maximum absolute atomic E-state index is 13.2. The first-order valence-electron chi connectivity index (χ1n) is 8.08. The van der Waals surface area contributed by atoms with Gasteiger partial charge in [0.25, 0.3) is 5.91 Å². The fourth-order valence-electron chi connectivity index (χ4n) is 3.09. The summed E-state index contributed by atoms with van der Waals surface area (Å²) < 4.78 is 25.6. The molecule has 3 rings (SSSR count). The third kappa shape index (κ3) is 3.45. The second-order valence-corrected chi connectivity index (χ2v) is 8.38. The summed E-state index contributed by atoms with van der Waals surface area (Å²) in [6.45, 7) is 3.66. The summed E-state index contributed by atoms with van der Waals surface area (Å²) >= 11 is 0. The molecule has 1 fully saturated rings. The molecule has 1 aliphatic rings. The monoisotopic (exact) mass is 362 g/mol. The second-order valence-electron chi connectivity index (χ2n) is 6.36. The Morgan fingerprint density at radius 2 is 2.12 bits per heavy atom. The fourth-order valence-corrected chi connectivity index (χ4v) is 3.74. The van der Waals surface area contributed by atoms with Crippen molar-refractivity contribution >= 4 is 15.7 Å². The molecule has 1 unspecified atom stereocenters. The van der Waals surface area contributed by atoms with E-state index in [2.05, 4.69) is 10.3 Å². The Morgan fingerprint density at radius 1 is 1.36 bits per heavy atom. The molecule has 7 nitrogen and oxygen atoms in total. The summed E-state index contributed by atoms with van der Waals surface area (Å²) in [6, 6.07) is 4.50. The van der Waals surface area contributed by atoms with Gasteiger partial charge in [0, 0.05) is 50.9 Å². The van der Waals surface area contributed by atoms with Gasteiger partial charge in [-0.2, -0.15) is 0 Å². The van der Waals surface area contributed by atoms with Crippen LogP contribution < -0.4 is 5.32 Å². The number of nitrogens with one attached hydrogen (secondary N) is 1. The molecule has 0 saturated carbocycles. The van der Waals surface area contributed by atoms with Crippen LogP contribution in [0.3, 0.4) is 0 Å². The quantitative estimate of drug-likeness (QED) is 0.878. The van der Waals surface area contributed by atoms with E-state index in [1.807, 2.05) is 24.7 Å². The SMILES string of the molecule is Cc1ccc(S(C)(=O)=O)cc1C(=O)N1CCNCC1c1nccn1C. The third-order valence-corrected chi connectivity index (χ3v) is 5.64. The lowest BCUT2D eigenvalue weighted by atomic mass is 10.1. The Bertz CT molecular complexity index is 904. The van der Waals surface area contributed by atoms with E-state index >= 15 is 0 Å². The topological polar surface area (TPSA) is 84.3 Å². The first-order valence-corrected chi connectivity index (χ1v) is 9.98. The number of aryl methyl sites for hydroxylation is 2. The Morgan fingerprint density at radius 3 is 2.76 bits per heavy atom. The van der Waals surface area contributed by atoms with Crippen LogP contribution in [-0.2, 0) is 16.9 Å². The van der Waals surface area contributed by atoms with Gasteiger partial charge in [0.1, 0.15) is 11.9 Å². The number of carbonyl (C=O) groups is 1. The van der Waals surface area contributed by atoms with Crippen LogP contribution in [0.1, 0.15) is 27.8 Å². The molecule has 2 aromatic rings. The number of imidazole rings is 1. The zero-order chi connectivity index (χ0) is 18.2. The molecule has 1 aromatic heterocycles. The lowest BCUT2D eigenvalue weighted by molar-refractivity contribution is 0.0620. The van der Waals surface area contributed by atoms with Crippen LogP contribution >= 0.6 is 0 Å². The highest BCUT2D eigenvalue weighted by Crippen LogP contribution is 2.25. The van der Waals surface area contributed by atoms with Crippen molar-refractivity contribution in [1.29, 1.82) is 0 Å². The predicted molar refractivity (Wildman–Crippen MR) is 94.1 cm³/mol. The average molecular weight is 362 g/mol. The number of amides is 1. The van der Waals surface area contributed by atoms with Gasteiger partial charge in [-0.15, -0.1) is 0 Å². The molecule has 0 spiro atoms. The molecule has 1 N–H and O–H groups in total. The predicted octanol–water partition coefficient (Wildman–Crippen LogP) is 0.919. The highest BCUT2D eigenvalue weighted by Gasteiger charge is 2.32. The van der Waals surface area contributed by atoms with Crippen LogP contribution in [0.15, 0.2) is 35.5 Å². The molecule has 25 heavy (non-hydrogen) atoms. The Balaban J connectivity index is 2.00. The molecular formula is C17H22N4O3S. The van der Waals surface area contributed by atoms with Crippen molar-refractivity contribution in [3.05, 3.63) is 47.5 Å². The molecule has 8 heteroatoms. The number of carbonyl (C=O) groups excluding carboxylic acids is 1. The maximum Gasteiger partial charge on any atom is 0.254 e. The fraction of sp³-hybridized carbons (Fsp3) is 0.412. The van der Waals surface area contributed by atoms with Crippen molar-refractivity contribution in [2.45, 2.75) is 17.9 Å². The van der Waals surface area contributed by atoms with Crippen molar-refractivity contribution in [3.63, 3.8) is 0 Å². The average Bonchev–Trinajstić information content (AvgIpc) is 2.99. The Hall–Kier alpha value is -2.19. The summed E-state index contributed by atoms with van der Waals surface area (Å²) in [6.07, 6.45) is 4.71. The molecule has 1 atom stereocenters. The van der Waals surface area contributed by atoms with Gasteiger partial charge in [-0.05, 0) is 24.6 Å².